The molecule has 0 saturated carbocycles. The Bertz CT molecular complexity index is 559. The van der Waals surface area contributed by atoms with E-state index in [-0.39, 0.29) is 5.54 Å². The van der Waals surface area contributed by atoms with Crippen LogP contribution in [-0.2, 0) is 5.54 Å². The van der Waals surface area contributed by atoms with Gasteiger partial charge in [-0.2, -0.15) is 0 Å². The van der Waals surface area contributed by atoms with Gasteiger partial charge in [0.15, 0.2) is 6.29 Å². The van der Waals surface area contributed by atoms with Gasteiger partial charge in [-0.05, 0) is 39.3 Å². The Morgan fingerprint density at radius 3 is 2.22 bits per heavy atom. The van der Waals surface area contributed by atoms with Crippen LogP contribution in [0.1, 0.15) is 37.0 Å². The van der Waals surface area contributed by atoms with E-state index in [1.165, 1.54) is 0 Å². The predicted molar refractivity (Wildman–Crippen MR) is 75.0 cm³/mol. The Hall–Kier alpha value is -1.83. The smallest absolute Gasteiger partial charge is 0.167 e. The minimum absolute atomic E-state index is 0.0899. The molecule has 0 aliphatic rings. The highest BCUT2D eigenvalue weighted by Crippen LogP contribution is 2.30. The fourth-order valence-corrected chi connectivity index (χ4v) is 2.51. The average Bonchev–Trinajstić information content (AvgIpc) is 2.67. The van der Waals surface area contributed by atoms with Crippen LogP contribution in [0.2, 0.25) is 0 Å². The van der Waals surface area contributed by atoms with Crippen LogP contribution in [0.4, 0.5) is 0 Å². The SMILES string of the molecule is Cc1cc(-c2ccccc2)c(C=O)n1C(C)(C)C. The van der Waals surface area contributed by atoms with Crippen LogP contribution in [0.3, 0.4) is 0 Å². The largest absolute Gasteiger partial charge is 0.337 e. The van der Waals surface area contributed by atoms with Gasteiger partial charge in [-0.1, -0.05) is 30.3 Å². The number of aromatic nitrogens is 1. The summed E-state index contributed by atoms with van der Waals surface area (Å²) in [4.78, 5) is 11.5. The highest BCUT2D eigenvalue weighted by Gasteiger charge is 2.22. The zero-order chi connectivity index (χ0) is 13.3. The molecule has 2 rings (SSSR count). The van der Waals surface area contributed by atoms with E-state index in [2.05, 4.69) is 31.4 Å². The van der Waals surface area contributed by atoms with Gasteiger partial charge < -0.3 is 4.57 Å². The van der Waals surface area contributed by atoms with Gasteiger partial charge >= 0.3 is 0 Å². The molecule has 94 valence electrons. The third-order valence-corrected chi connectivity index (χ3v) is 3.09. The number of rotatable bonds is 2. The van der Waals surface area contributed by atoms with Crippen molar-refractivity contribution in [3.63, 3.8) is 0 Å². The fraction of sp³-hybridized carbons (Fsp3) is 0.312. The van der Waals surface area contributed by atoms with Gasteiger partial charge in [-0.15, -0.1) is 0 Å². The van der Waals surface area contributed by atoms with Crippen LogP contribution < -0.4 is 0 Å². The van der Waals surface area contributed by atoms with Gasteiger partial charge in [0.2, 0.25) is 0 Å². The standard InChI is InChI=1S/C16H19NO/c1-12-10-14(13-8-6-5-7-9-13)15(11-18)17(12)16(2,3)4/h5-11H,1-4H3. The third-order valence-electron chi connectivity index (χ3n) is 3.09. The Morgan fingerprint density at radius 2 is 1.72 bits per heavy atom. The molecule has 1 heterocycles. The Morgan fingerprint density at radius 1 is 1.11 bits per heavy atom. The molecule has 0 amide bonds. The lowest BCUT2D eigenvalue weighted by Crippen LogP contribution is -2.25. The molecule has 0 radical (unpaired) electrons. The first-order valence-electron chi connectivity index (χ1n) is 6.18. The molecule has 2 aromatic rings. The number of aryl methyl sites for hydroxylation is 1. The normalized spacial score (nSPS) is 11.6. The van der Waals surface area contributed by atoms with Crippen LogP contribution in [0.5, 0.6) is 0 Å². The molecule has 1 aromatic carbocycles. The number of hydrogen-bond donors (Lipinski definition) is 0. The third kappa shape index (κ3) is 2.10. The summed E-state index contributed by atoms with van der Waals surface area (Å²) >= 11 is 0. The molecule has 0 saturated heterocycles. The van der Waals surface area contributed by atoms with Gasteiger partial charge in [0, 0.05) is 16.8 Å². The highest BCUT2D eigenvalue weighted by molar-refractivity contribution is 5.86. The van der Waals surface area contributed by atoms with Crippen molar-refractivity contribution in [2.45, 2.75) is 33.2 Å². The number of nitrogens with zero attached hydrogens (tertiary/aromatic N) is 1. The van der Waals surface area contributed by atoms with Crippen molar-refractivity contribution < 1.29 is 4.79 Å². The highest BCUT2D eigenvalue weighted by atomic mass is 16.1. The summed E-state index contributed by atoms with van der Waals surface area (Å²) in [5, 5.41) is 0. The second-order valence-corrected chi connectivity index (χ2v) is 5.57. The van der Waals surface area contributed by atoms with Crippen molar-refractivity contribution in [1.82, 2.24) is 4.57 Å². The molecule has 1 aromatic heterocycles. The molecule has 0 atom stereocenters. The quantitative estimate of drug-likeness (QED) is 0.727. The molecular weight excluding hydrogens is 222 g/mol. The van der Waals surface area contributed by atoms with Crippen LogP contribution in [0, 0.1) is 6.92 Å². The number of aldehydes is 1. The molecule has 0 unspecified atom stereocenters. The van der Waals surface area contributed by atoms with Gasteiger partial charge in [-0.25, -0.2) is 0 Å². The van der Waals surface area contributed by atoms with Crippen LogP contribution in [-0.4, -0.2) is 10.9 Å². The number of hydrogen-bond acceptors (Lipinski definition) is 1. The molecule has 0 spiro atoms. The molecule has 2 heteroatoms. The minimum Gasteiger partial charge on any atom is -0.337 e. The monoisotopic (exact) mass is 241 g/mol. The van der Waals surface area contributed by atoms with E-state index in [0.717, 1.165) is 28.8 Å². The minimum atomic E-state index is -0.0899. The van der Waals surface area contributed by atoms with Crippen LogP contribution >= 0.6 is 0 Å². The lowest BCUT2D eigenvalue weighted by atomic mass is 10.1. The lowest BCUT2D eigenvalue weighted by Gasteiger charge is -2.25. The summed E-state index contributed by atoms with van der Waals surface area (Å²) in [6.07, 6.45) is 0.959. The first-order chi connectivity index (χ1) is 8.45. The molecule has 0 aliphatic heterocycles. The maximum absolute atomic E-state index is 11.5. The molecule has 0 fully saturated rings. The first-order valence-corrected chi connectivity index (χ1v) is 6.18. The summed E-state index contributed by atoms with van der Waals surface area (Å²) in [5.41, 5.74) is 3.88. The van der Waals surface area contributed by atoms with E-state index in [9.17, 15) is 4.79 Å². The van der Waals surface area contributed by atoms with Crippen molar-refractivity contribution in [2.75, 3.05) is 0 Å². The summed E-state index contributed by atoms with van der Waals surface area (Å²) in [5.74, 6) is 0. The van der Waals surface area contributed by atoms with E-state index in [0.29, 0.717) is 0 Å². The van der Waals surface area contributed by atoms with Gasteiger partial charge in [0.05, 0.1) is 5.69 Å². The molecule has 2 nitrogen and oxygen atoms in total. The van der Waals surface area contributed by atoms with E-state index in [4.69, 9.17) is 0 Å². The van der Waals surface area contributed by atoms with Crippen molar-refractivity contribution >= 4 is 6.29 Å². The summed E-state index contributed by atoms with van der Waals surface area (Å²) in [6.45, 7) is 8.38. The van der Waals surface area contributed by atoms with Crippen molar-refractivity contribution in [2.24, 2.45) is 0 Å². The molecule has 0 aliphatic carbocycles. The van der Waals surface area contributed by atoms with Crippen LogP contribution in [0.15, 0.2) is 36.4 Å². The summed E-state index contributed by atoms with van der Waals surface area (Å²) < 4.78 is 2.10. The van der Waals surface area contributed by atoms with E-state index in [1.54, 1.807) is 0 Å². The predicted octanol–water partition coefficient (Wildman–Crippen LogP) is 4.03. The van der Waals surface area contributed by atoms with Crippen LogP contribution in [0.25, 0.3) is 11.1 Å². The Balaban J connectivity index is 2.68. The van der Waals surface area contributed by atoms with Crippen molar-refractivity contribution in [1.29, 1.82) is 0 Å². The van der Waals surface area contributed by atoms with Gasteiger partial charge in [0.1, 0.15) is 0 Å². The number of carbonyl (C=O) groups is 1. The maximum atomic E-state index is 11.5. The summed E-state index contributed by atoms with van der Waals surface area (Å²) in [6, 6.07) is 12.1. The first kappa shape index (κ1) is 12.6. The maximum Gasteiger partial charge on any atom is 0.167 e. The molecule has 0 N–H and O–H groups in total. The number of carbonyl (C=O) groups excluding carboxylic acids is 1. The zero-order valence-electron chi connectivity index (χ0n) is 11.4. The fourth-order valence-electron chi connectivity index (χ4n) is 2.51. The van der Waals surface area contributed by atoms with E-state index >= 15 is 0 Å². The van der Waals surface area contributed by atoms with Gasteiger partial charge in [0.25, 0.3) is 0 Å². The molecule has 0 bridgehead atoms. The number of benzene rings is 1. The Labute approximate surface area is 108 Å². The average molecular weight is 241 g/mol. The second kappa shape index (κ2) is 4.45. The molecular formula is C16H19NO. The Kier molecular flexibility index (Phi) is 3.12. The zero-order valence-corrected chi connectivity index (χ0v) is 11.4. The van der Waals surface area contributed by atoms with E-state index < -0.39 is 0 Å². The van der Waals surface area contributed by atoms with Gasteiger partial charge in [-0.3, -0.25) is 4.79 Å². The van der Waals surface area contributed by atoms with Crippen molar-refractivity contribution in [3.05, 3.63) is 47.8 Å². The lowest BCUT2D eigenvalue weighted by molar-refractivity contribution is 0.111. The summed E-state index contributed by atoms with van der Waals surface area (Å²) in [7, 11) is 0. The van der Waals surface area contributed by atoms with Crippen molar-refractivity contribution in [3.8, 4) is 11.1 Å². The molecule has 18 heavy (non-hydrogen) atoms. The topological polar surface area (TPSA) is 22.0 Å². The van der Waals surface area contributed by atoms with E-state index in [1.807, 2.05) is 37.3 Å². The second-order valence-electron chi connectivity index (χ2n) is 5.57.